The van der Waals surface area contributed by atoms with Crippen LogP contribution in [0.5, 0.6) is 0 Å². The molecule has 0 heterocycles. The van der Waals surface area contributed by atoms with Crippen LogP contribution in [0.25, 0.3) is 0 Å². The SMILES string of the molecule is NC1(c2ccccc2F)CCC(F)(F)C1. The average molecular weight is 215 g/mol. The number of halogens is 3. The molecule has 1 atom stereocenters. The van der Waals surface area contributed by atoms with Gasteiger partial charge in [0.25, 0.3) is 0 Å². The number of hydrogen-bond acceptors (Lipinski definition) is 1. The maximum atomic E-state index is 13.4. The van der Waals surface area contributed by atoms with Crippen molar-refractivity contribution in [2.75, 3.05) is 0 Å². The first-order valence-corrected chi connectivity index (χ1v) is 4.85. The third-order valence-corrected chi connectivity index (χ3v) is 2.92. The lowest BCUT2D eigenvalue weighted by Gasteiger charge is -2.24. The van der Waals surface area contributed by atoms with Crippen LogP contribution in [0.3, 0.4) is 0 Å². The second kappa shape index (κ2) is 3.23. The van der Waals surface area contributed by atoms with Gasteiger partial charge in [-0.3, -0.25) is 0 Å². The van der Waals surface area contributed by atoms with Gasteiger partial charge in [0.15, 0.2) is 0 Å². The van der Waals surface area contributed by atoms with Crippen LogP contribution < -0.4 is 5.73 Å². The number of alkyl halides is 2. The summed E-state index contributed by atoms with van der Waals surface area (Å²) in [5, 5.41) is 0. The summed E-state index contributed by atoms with van der Waals surface area (Å²) in [5.74, 6) is -3.27. The normalized spacial score (nSPS) is 29.3. The van der Waals surface area contributed by atoms with Gasteiger partial charge in [0.1, 0.15) is 5.82 Å². The quantitative estimate of drug-likeness (QED) is 0.765. The van der Waals surface area contributed by atoms with Gasteiger partial charge < -0.3 is 5.73 Å². The smallest absolute Gasteiger partial charge is 0.250 e. The van der Waals surface area contributed by atoms with Gasteiger partial charge in [-0.05, 0) is 12.5 Å². The Morgan fingerprint density at radius 2 is 1.80 bits per heavy atom. The van der Waals surface area contributed by atoms with Gasteiger partial charge in [0.2, 0.25) is 5.92 Å². The topological polar surface area (TPSA) is 26.0 Å². The van der Waals surface area contributed by atoms with Gasteiger partial charge in [0.05, 0.1) is 0 Å². The molecule has 1 aliphatic carbocycles. The Kier molecular flexibility index (Phi) is 2.26. The molecule has 0 saturated heterocycles. The Bertz CT molecular complexity index is 378. The minimum atomic E-state index is -2.77. The largest absolute Gasteiger partial charge is 0.321 e. The van der Waals surface area contributed by atoms with E-state index < -0.39 is 23.7 Å². The highest BCUT2D eigenvalue weighted by Crippen LogP contribution is 2.46. The van der Waals surface area contributed by atoms with Gasteiger partial charge in [-0.25, -0.2) is 13.2 Å². The van der Waals surface area contributed by atoms with E-state index in [2.05, 4.69) is 0 Å². The summed E-state index contributed by atoms with van der Waals surface area (Å²) in [6, 6.07) is 5.87. The molecule has 1 fully saturated rings. The fourth-order valence-electron chi connectivity index (χ4n) is 2.14. The van der Waals surface area contributed by atoms with E-state index in [4.69, 9.17) is 5.73 Å². The summed E-state index contributed by atoms with van der Waals surface area (Å²) in [5.41, 5.74) is 4.82. The van der Waals surface area contributed by atoms with Crippen molar-refractivity contribution in [3.05, 3.63) is 35.6 Å². The zero-order valence-corrected chi connectivity index (χ0v) is 8.14. The molecule has 0 aliphatic heterocycles. The predicted octanol–water partition coefficient (Wildman–Crippen LogP) is 2.80. The maximum absolute atomic E-state index is 13.4. The van der Waals surface area contributed by atoms with Crippen molar-refractivity contribution in [3.8, 4) is 0 Å². The van der Waals surface area contributed by atoms with E-state index in [-0.39, 0.29) is 18.4 Å². The van der Waals surface area contributed by atoms with E-state index in [1.54, 1.807) is 6.07 Å². The van der Waals surface area contributed by atoms with Crippen molar-refractivity contribution in [1.29, 1.82) is 0 Å². The van der Waals surface area contributed by atoms with Crippen LogP contribution in [0.2, 0.25) is 0 Å². The van der Waals surface area contributed by atoms with E-state index in [0.29, 0.717) is 0 Å². The predicted molar refractivity (Wildman–Crippen MR) is 51.1 cm³/mol. The summed E-state index contributed by atoms with van der Waals surface area (Å²) >= 11 is 0. The Labute approximate surface area is 86.1 Å². The molecule has 15 heavy (non-hydrogen) atoms. The average Bonchev–Trinajstić information content (AvgIpc) is 2.42. The van der Waals surface area contributed by atoms with E-state index in [0.717, 1.165) is 0 Å². The highest BCUT2D eigenvalue weighted by molar-refractivity contribution is 5.27. The molecule has 1 saturated carbocycles. The van der Waals surface area contributed by atoms with Crippen LogP contribution in [-0.4, -0.2) is 5.92 Å². The van der Waals surface area contributed by atoms with Gasteiger partial charge in [-0.2, -0.15) is 0 Å². The molecule has 0 bridgehead atoms. The zero-order chi connectivity index (χ0) is 11.1. The molecule has 82 valence electrons. The lowest BCUT2D eigenvalue weighted by atomic mass is 9.89. The van der Waals surface area contributed by atoms with Crippen LogP contribution in [0.4, 0.5) is 13.2 Å². The van der Waals surface area contributed by atoms with Gasteiger partial charge in [-0.15, -0.1) is 0 Å². The summed E-state index contributed by atoms with van der Waals surface area (Å²) in [6.45, 7) is 0. The molecule has 0 spiro atoms. The fourth-order valence-corrected chi connectivity index (χ4v) is 2.14. The molecule has 1 aliphatic rings. The van der Waals surface area contributed by atoms with Crippen LogP contribution in [0.1, 0.15) is 24.8 Å². The van der Waals surface area contributed by atoms with E-state index >= 15 is 0 Å². The number of nitrogens with two attached hydrogens (primary N) is 1. The molecule has 0 amide bonds. The number of rotatable bonds is 1. The van der Waals surface area contributed by atoms with Crippen molar-refractivity contribution in [2.24, 2.45) is 5.73 Å². The van der Waals surface area contributed by atoms with Crippen LogP contribution in [0.15, 0.2) is 24.3 Å². The van der Waals surface area contributed by atoms with Crippen LogP contribution in [-0.2, 0) is 5.54 Å². The maximum Gasteiger partial charge on any atom is 0.250 e. The van der Waals surface area contributed by atoms with Gasteiger partial charge >= 0.3 is 0 Å². The minimum absolute atomic E-state index is 0.126. The summed E-state index contributed by atoms with van der Waals surface area (Å²) in [6.07, 6.45) is -0.611. The van der Waals surface area contributed by atoms with Crippen molar-refractivity contribution in [1.82, 2.24) is 0 Å². The second-order valence-corrected chi connectivity index (χ2v) is 4.17. The Balaban J connectivity index is 2.36. The highest BCUT2D eigenvalue weighted by Gasteiger charge is 2.48. The second-order valence-electron chi connectivity index (χ2n) is 4.17. The van der Waals surface area contributed by atoms with Crippen molar-refractivity contribution in [3.63, 3.8) is 0 Å². The molecular formula is C11H12F3N. The summed E-state index contributed by atoms with van der Waals surface area (Å²) in [4.78, 5) is 0. The van der Waals surface area contributed by atoms with Crippen LogP contribution in [0, 0.1) is 5.82 Å². The van der Waals surface area contributed by atoms with Gasteiger partial charge in [0, 0.05) is 23.9 Å². The molecular weight excluding hydrogens is 203 g/mol. The first-order chi connectivity index (χ1) is 6.93. The third kappa shape index (κ3) is 1.86. The molecule has 1 nitrogen and oxygen atoms in total. The monoisotopic (exact) mass is 215 g/mol. The third-order valence-electron chi connectivity index (χ3n) is 2.92. The lowest BCUT2D eigenvalue weighted by molar-refractivity contribution is 0.00276. The number of hydrogen-bond donors (Lipinski definition) is 1. The van der Waals surface area contributed by atoms with Crippen LogP contribution >= 0.6 is 0 Å². The highest BCUT2D eigenvalue weighted by atomic mass is 19.3. The van der Waals surface area contributed by atoms with Crippen molar-refractivity contribution < 1.29 is 13.2 Å². The van der Waals surface area contributed by atoms with E-state index in [1.165, 1.54) is 18.2 Å². The van der Waals surface area contributed by atoms with Crippen molar-refractivity contribution in [2.45, 2.75) is 30.7 Å². The van der Waals surface area contributed by atoms with E-state index in [9.17, 15) is 13.2 Å². The first-order valence-electron chi connectivity index (χ1n) is 4.85. The number of benzene rings is 1. The molecule has 2 N–H and O–H groups in total. The molecule has 1 aromatic carbocycles. The summed E-state index contributed by atoms with van der Waals surface area (Å²) < 4.78 is 39.5. The van der Waals surface area contributed by atoms with Crippen molar-refractivity contribution >= 4 is 0 Å². The Morgan fingerprint density at radius 3 is 2.33 bits per heavy atom. The molecule has 4 heteroatoms. The fraction of sp³-hybridized carbons (Fsp3) is 0.455. The lowest BCUT2D eigenvalue weighted by Crippen LogP contribution is -2.36. The Hall–Kier alpha value is -1.03. The van der Waals surface area contributed by atoms with Gasteiger partial charge in [-0.1, -0.05) is 18.2 Å². The molecule has 1 aromatic rings. The standard InChI is InChI=1S/C11H12F3N/c12-9-4-2-1-3-8(9)10(15)5-6-11(13,14)7-10/h1-4H,5-7,15H2. The van der Waals surface area contributed by atoms with E-state index in [1.807, 2.05) is 0 Å². The molecule has 2 rings (SSSR count). The molecule has 1 unspecified atom stereocenters. The Morgan fingerprint density at radius 1 is 1.13 bits per heavy atom. The summed E-state index contributed by atoms with van der Waals surface area (Å²) in [7, 11) is 0. The molecule has 0 radical (unpaired) electrons. The zero-order valence-electron chi connectivity index (χ0n) is 8.14. The first kappa shape index (κ1) is 10.5. The molecule has 0 aromatic heterocycles. The minimum Gasteiger partial charge on any atom is -0.321 e.